The van der Waals surface area contributed by atoms with Crippen molar-refractivity contribution in [1.29, 1.82) is 0 Å². The van der Waals surface area contributed by atoms with Crippen molar-refractivity contribution in [1.82, 2.24) is 4.90 Å². The van der Waals surface area contributed by atoms with Gasteiger partial charge in [0.05, 0.1) is 0 Å². The third kappa shape index (κ3) is 5.55. The topological polar surface area (TPSA) is 63.7 Å². The van der Waals surface area contributed by atoms with Crippen LogP contribution in [0.15, 0.2) is 53.4 Å². The SMILES string of the molecule is CC(C)N(Cc1ccc(OS(=O)(=O)c2ccc(F)cc2)cc1)C(=O)C(C)(C)C. The van der Waals surface area contributed by atoms with E-state index in [-0.39, 0.29) is 22.6 Å². The Hall–Kier alpha value is -2.41. The molecule has 0 radical (unpaired) electrons. The number of hydrogen-bond acceptors (Lipinski definition) is 4. The summed E-state index contributed by atoms with van der Waals surface area (Å²) in [6.07, 6.45) is 0. The highest BCUT2D eigenvalue weighted by Crippen LogP contribution is 2.23. The van der Waals surface area contributed by atoms with Gasteiger partial charge in [-0.3, -0.25) is 4.79 Å². The Morgan fingerprint density at radius 1 is 1.04 bits per heavy atom. The minimum Gasteiger partial charge on any atom is -0.379 e. The van der Waals surface area contributed by atoms with Crippen molar-refractivity contribution in [2.24, 2.45) is 5.41 Å². The molecule has 0 aliphatic rings. The summed E-state index contributed by atoms with van der Waals surface area (Å²) in [4.78, 5) is 14.3. The van der Waals surface area contributed by atoms with Crippen LogP contribution in [0.5, 0.6) is 5.75 Å². The lowest BCUT2D eigenvalue weighted by molar-refractivity contribution is -0.142. The largest absolute Gasteiger partial charge is 0.379 e. The van der Waals surface area contributed by atoms with Gasteiger partial charge >= 0.3 is 10.1 Å². The Morgan fingerprint density at radius 2 is 1.57 bits per heavy atom. The number of carbonyl (C=O) groups is 1. The maximum Gasteiger partial charge on any atom is 0.339 e. The van der Waals surface area contributed by atoms with Crippen LogP contribution >= 0.6 is 0 Å². The maximum atomic E-state index is 13.0. The molecule has 152 valence electrons. The van der Waals surface area contributed by atoms with Crippen molar-refractivity contribution in [3.05, 3.63) is 59.9 Å². The number of halogens is 1. The van der Waals surface area contributed by atoms with Crippen molar-refractivity contribution in [3.63, 3.8) is 0 Å². The molecular formula is C21H26FNO4S. The van der Waals surface area contributed by atoms with Crippen LogP contribution in [-0.2, 0) is 21.5 Å². The summed E-state index contributed by atoms with van der Waals surface area (Å²) in [5.74, 6) is -0.337. The van der Waals surface area contributed by atoms with Crippen LogP contribution in [-0.4, -0.2) is 25.3 Å². The summed E-state index contributed by atoms with van der Waals surface area (Å²) in [5, 5.41) is 0. The third-order valence-corrected chi connectivity index (χ3v) is 5.37. The second-order valence-corrected chi connectivity index (χ2v) is 9.46. The summed E-state index contributed by atoms with van der Waals surface area (Å²) in [6.45, 7) is 9.96. The van der Waals surface area contributed by atoms with Crippen LogP contribution in [0.25, 0.3) is 0 Å². The van der Waals surface area contributed by atoms with E-state index >= 15 is 0 Å². The van der Waals surface area contributed by atoms with E-state index in [2.05, 4.69) is 0 Å². The molecule has 7 heteroatoms. The van der Waals surface area contributed by atoms with Gasteiger partial charge in [0.1, 0.15) is 16.5 Å². The zero-order valence-electron chi connectivity index (χ0n) is 16.8. The molecule has 0 atom stereocenters. The number of amides is 1. The Balaban J connectivity index is 2.14. The van der Waals surface area contributed by atoms with Crippen molar-refractivity contribution in [3.8, 4) is 5.75 Å². The van der Waals surface area contributed by atoms with Crippen molar-refractivity contribution < 1.29 is 21.8 Å². The van der Waals surface area contributed by atoms with E-state index in [0.29, 0.717) is 6.54 Å². The Bertz CT molecular complexity index is 914. The van der Waals surface area contributed by atoms with Crippen LogP contribution in [0, 0.1) is 11.2 Å². The van der Waals surface area contributed by atoms with Crippen LogP contribution in [0.2, 0.25) is 0 Å². The summed E-state index contributed by atoms with van der Waals surface area (Å²) in [5.41, 5.74) is 0.370. The fourth-order valence-electron chi connectivity index (χ4n) is 2.54. The average molecular weight is 408 g/mol. The molecule has 0 aromatic heterocycles. The molecular weight excluding hydrogens is 381 g/mol. The number of nitrogens with zero attached hydrogens (tertiary/aromatic N) is 1. The van der Waals surface area contributed by atoms with Gasteiger partial charge < -0.3 is 9.08 Å². The molecule has 28 heavy (non-hydrogen) atoms. The minimum absolute atomic E-state index is 0.0292. The molecule has 0 saturated heterocycles. The first-order valence-electron chi connectivity index (χ1n) is 9.00. The lowest BCUT2D eigenvalue weighted by Gasteiger charge is -2.32. The van der Waals surface area contributed by atoms with Gasteiger partial charge in [-0.1, -0.05) is 32.9 Å². The highest BCUT2D eigenvalue weighted by atomic mass is 32.2. The lowest BCUT2D eigenvalue weighted by atomic mass is 9.93. The van der Waals surface area contributed by atoms with E-state index in [1.165, 1.54) is 12.1 Å². The van der Waals surface area contributed by atoms with E-state index < -0.39 is 21.4 Å². The smallest absolute Gasteiger partial charge is 0.339 e. The summed E-state index contributed by atoms with van der Waals surface area (Å²) in [6, 6.07) is 11.0. The van der Waals surface area contributed by atoms with Gasteiger partial charge in [-0.2, -0.15) is 8.42 Å². The van der Waals surface area contributed by atoms with E-state index in [9.17, 15) is 17.6 Å². The highest BCUT2D eigenvalue weighted by Gasteiger charge is 2.28. The molecule has 1 amide bonds. The van der Waals surface area contributed by atoms with Gasteiger partial charge in [0.15, 0.2) is 0 Å². The van der Waals surface area contributed by atoms with E-state index in [1.54, 1.807) is 17.0 Å². The second kappa shape index (κ2) is 8.31. The molecule has 0 heterocycles. The standard InChI is InChI=1S/C21H26FNO4S/c1-15(2)23(20(24)21(3,4)5)14-16-6-10-18(11-7-16)27-28(25,26)19-12-8-17(22)9-13-19/h6-13,15H,14H2,1-5H3. The van der Waals surface area contributed by atoms with Gasteiger partial charge in [0, 0.05) is 18.0 Å². The number of hydrogen-bond donors (Lipinski definition) is 0. The van der Waals surface area contributed by atoms with Crippen molar-refractivity contribution in [2.45, 2.75) is 52.1 Å². The Labute approximate surface area is 166 Å². The maximum absolute atomic E-state index is 13.0. The van der Waals surface area contributed by atoms with Crippen LogP contribution in [0.1, 0.15) is 40.2 Å². The van der Waals surface area contributed by atoms with Crippen LogP contribution in [0.4, 0.5) is 4.39 Å². The summed E-state index contributed by atoms with van der Waals surface area (Å²) in [7, 11) is -4.04. The monoisotopic (exact) mass is 407 g/mol. The molecule has 5 nitrogen and oxygen atoms in total. The van der Waals surface area contributed by atoms with Gasteiger partial charge in [0.25, 0.3) is 0 Å². The second-order valence-electron chi connectivity index (χ2n) is 7.91. The van der Waals surface area contributed by atoms with Crippen molar-refractivity contribution in [2.75, 3.05) is 0 Å². The van der Waals surface area contributed by atoms with Gasteiger partial charge in [-0.15, -0.1) is 0 Å². The van der Waals surface area contributed by atoms with Gasteiger partial charge in [-0.05, 0) is 55.8 Å². The first kappa shape index (κ1) is 21.9. The summed E-state index contributed by atoms with van der Waals surface area (Å²) < 4.78 is 42.6. The molecule has 0 spiro atoms. The van der Waals surface area contributed by atoms with E-state index in [4.69, 9.17) is 4.18 Å². The van der Waals surface area contributed by atoms with Gasteiger partial charge in [-0.25, -0.2) is 4.39 Å². The first-order valence-corrected chi connectivity index (χ1v) is 10.4. The molecule has 0 N–H and O–H groups in total. The molecule has 2 aromatic rings. The van der Waals surface area contributed by atoms with E-state index in [0.717, 1.165) is 29.8 Å². The third-order valence-electron chi connectivity index (χ3n) is 4.11. The Morgan fingerprint density at radius 3 is 2.04 bits per heavy atom. The fourth-order valence-corrected chi connectivity index (χ4v) is 3.47. The number of carbonyl (C=O) groups excluding carboxylic acids is 1. The van der Waals surface area contributed by atoms with Gasteiger partial charge in [0.2, 0.25) is 5.91 Å². The predicted octanol–water partition coefficient (Wildman–Crippen LogP) is 4.38. The highest BCUT2D eigenvalue weighted by molar-refractivity contribution is 7.87. The van der Waals surface area contributed by atoms with Crippen molar-refractivity contribution >= 4 is 16.0 Å². The molecule has 0 saturated carbocycles. The molecule has 0 bridgehead atoms. The van der Waals surface area contributed by atoms with Crippen LogP contribution < -0.4 is 4.18 Å². The average Bonchev–Trinajstić information content (AvgIpc) is 2.59. The van der Waals surface area contributed by atoms with Crippen LogP contribution in [0.3, 0.4) is 0 Å². The Kier molecular flexibility index (Phi) is 6.49. The molecule has 0 aliphatic carbocycles. The number of rotatable bonds is 6. The molecule has 2 aromatic carbocycles. The lowest BCUT2D eigenvalue weighted by Crippen LogP contribution is -2.43. The molecule has 2 rings (SSSR count). The number of benzene rings is 2. The molecule has 0 unspecified atom stereocenters. The summed E-state index contributed by atoms with van der Waals surface area (Å²) >= 11 is 0. The zero-order valence-corrected chi connectivity index (χ0v) is 17.6. The molecule has 0 aliphatic heterocycles. The first-order chi connectivity index (χ1) is 12.9. The quantitative estimate of drug-likeness (QED) is 0.667. The predicted molar refractivity (Wildman–Crippen MR) is 106 cm³/mol. The zero-order chi connectivity index (χ0) is 21.1. The van der Waals surface area contributed by atoms with E-state index in [1.807, 2.05) is 34.6 Å². The molecule has 0 fully saturated rings. The normalized spacial score (nSPS) is 12.1. The minimum atomic E-state index is -4.04. The fraction of sp³-hybridized carbons (Fsp3) is 0.381.